The van der Waals surface area contributed by atoms with Crippen molar-refractivity contribution in [1.29, 1.82) is 0 Å². The number of aliphatic hydroxyl groups is 1. The van der Waals surface area contributed by atoms with Crippen LogP contribution in [-0.2, 0) is 9.47 Å². The van der Waals surface area contributed by atoms with Gasteiger partial charge in [0, 0.05) is 0 Å². The first kappa shape index (κ1) is 14.5. The van der Waals surface area contributed by atoms with E-state index in [4.69, 9.17) is 9.47 Å². The molecule has 0 aromatic carbocycles. The van der Waals surface area contributed by atoms with Gasteiger partial charge in [0.2, 0.25) is 0 Å². The molecule has 0 amide bonds. The van der Waals surface area contributed by atoms with Crippen LogP contribution >= 0.6 is 0 Å². The summed E-state index contributed by atoms with van der Waals surface area (Å²) in [5.41, 5.74) is 2.35. The number of hydrogen-bond donors (Lipinski definition) is 1. The van der Waals surface area contributed by atoms with Gasteiger partial charge in [0.15, 0.2) is 5.79 Å². The molecule has 1 aliphatic carbocycles. The zero-order valence-corrected chi connectivity index (χ0v) is 12.2. The van der Waals surface area contributed by atoms with Gasteiger partial charge >= 0.3 is 0 Å². The lowest BCUT2D eigenvalue weighted by Crippen LogP contribution is -2.25. The van der Waals surface area contributed by atoms with E-state index in [1.165, 1.54) is 5.57 Å². The second-order valence-corrected chi connectivity index (χ2v) is 6.00. The molecule has 3 atom stereocenters. The Hall–Kier alpha value is -0.900. The van der Waals surface area contributed by atoms with Gasteiger partial charge in [-0.05, 0) is 46.1 Å². The van der Waals surface area contributed by atoms with Gasteiger partial charge in [-0.1, -0.05) is 29.9 Å². The van der Waals surface area contributed by atoms with Crippen molar-refractivity contribution in [2.75, 3.05) is 0 Å². The average Bonchev–Trinajstić information content (AvgIpc) is 2.59. The van der Waals surface area contributed by atoms with Gasteiger partial charge in [0.05, 0.1) is 6.10 Å². The summed E-state index contributed by atoms with van der Waals surface area (Å²) >= 11 is 0. The summed E-state index contributed by atoms with van der Waals surface area (Å²) in [6.07, 6.45) is 9.21. The molecule has 0 aromatic rings. The molecule has 0 aromatic heterocycles. The smallest absolute Gasteiger partial charge is 0.164 e. The molecule has 1 saturated heterocycles. The molecule has 1 heterocycles. The fourth-order valence-corrected chi connectivity index (χ4v) is 2.61. The van der Waals surface area contributed by atoms with Crippen LogP contribution in [0.15, 0.2) is 35.5 Å². The monoisotopic (exact) mass is 264 g/mol. The molecule has 19 heavy (non-hydrogen) atoms. The molecule has 1 fully saturated rings. The molecule has 1 N–H and O–H groups in total. The Morgan fingerprint density at radius 2 is 2.16 bits per heavy atom. The number of fused-ring (bicyclic) bond motifs is 1. The van der Waals surface area contributed by atoms with Gasteiger partial charge in [-0.3, -0.25) is 0 Å². The van der Waals surface area contributed by atoms with Gasteiger partial charge in [-0.2, -0.15) is 0 Å². The van der Waals surface area contributed by atoms with Crippen molar-refractivity contribution in [2.45, 2.75) is 64.6 Å². The fourth-order valence-electron chi connectivity index (χ4n) is 2.61. The van der Waals surface area contributed by atoms with Crippen LogP contribution in [0.4, 0.5) is 0 Å². The molecule has 0 radical (unpaired) electrons. The summed E-state index contributed by atoms with van der Waals surface area (Å²) < 4.78 is 11.8. The predicted molar refractivity (Wildman–Crippen MR) is 75.7 cm³/mol. The molecule has 3 heteroatoms. The third-order valence-corrected chi connectivity index (χ3v) is 3.36. The summed E-state index contributed by atoms with van der Waals surface area (Å²) in [5.74, 6) is -0.526. The first-order chi connectivity index (χ1) is 8.87. The van der Waals surface area contributed by atoms with Gasteiger partial charge in [0.25, 0.3) is 0 Å². The van der Waals surface area contributed by atoms with Crippen molar-refractivity contribution in [3.63, 3.8) is 0 Å². The number of rotatable bonds is 4. The van der Waals surface area contributed by atoms with Crippen molar-refractivity contribution in [2.24, 2.45) is 0 Å². The highest BCUT2D eigenvalue weighted by Gasteiger charge is 2.42. The third-order valence-electron chi connectivity index (χ3n) is 3.36. The largest absolute Gasteiger partial charge is 0.389 e. The van der Waals surface area contributed by atoms with Crippen LogP contribution in [0.25, 0.3) is 0 Å². The van der Waals surface area contributed by atoms with Crippen molar-refractivity contribution in [1.82, 2.24) is 0 Å². The summed E-state index contributed by atoms with van der Waals surface area (Å²) in [5, 5.41) is 9.90. The highest BCUT2D eigenvalue weighted by Crippen LogP contribution is 2.36. The number of aliphatic hydroxyl groups excluding tert-OH is 1. The van der Waals surface area contributed by atoms with Crippen LogP contribution in [0, 0.1) is 0 Å². The van der Waals surface area contributed by atoms with E-state index in [-0.39, 0.29) is 18.3 Å². The molecule has 3 nitrogen and oxygen atoms in total. The Labute approximate surface area is 115 Å². The van der Waals surface area contributed by atoms with Crippen LogP contribution in [-0.4, -0.2) is 29.2 Å². The van der Waals surface area contributed by atoms with Crippen LogP contribution in [0.2, 0.25) is 0 Å². The standard InChI is InChI=1S/C16H24O3/c1-11(2)10-13(17)9-8-12-6-5-7-14-15(12)19-16(3,4)18-14/h5-7,10,13-15,17H,8-9H2,1-4H3/t13?,14-,15+/m0/s1. The third kappa shape index (κ3) is 3.78. The van der Waals surface area contributed by atoms with E-state index in [1.807, 2.05) is 45.9 Å². The maximum Gasteiger partial charge on any atom is 0.164 e. The second kappa shape index (κ2) is 5.61. The lowest BCUT2D eigenvalue weighted by Gasteiger charge is -2.21. The maximum atomic E-state index is 9.90. The number of ether oxygens (including phenoxy) is 2. The van der Waals surface area contributed by atoms with Crippen LogP contribution in [0.3, 0.4) is 0 Å². The second-order valence-electron chi connectivity index (χ2n) is 6.00. The zero-order chi connectivity index (χ0) is 14.0. The van der Waals surface area contributed by atoms with Crippen molar-refractivity contribution in [3.05, 3.63) is 35.5 Å². The summed E-state index contributed by atoms with van der Waals surface area (Å²) in [7, 11) is 0. The highest BCUT2D eigenvalue weighted by molar-refractivity contribution is 5.27. The fraction of sp³-hybridized carbons (Fsp3) is 0.625. The summed E-state index contributed by atoms with van der Waals surface area (Å²) in [4.78, 5) is 0. The average molecular weight is 264 g/mol. The topological polar surface area (TPSA) is 38.7 Å². The first-order valence-corrected chi connectivity index (χ1v) is 6.93. The minimum Gasteiger partial charge on any atom is -0.389 e. The maximum absolute atomic E-state index is 9.90. The van der Waals surface area contributed by atoms with Crippen molar-refractivity contribution < 1.29 is 14.6 Å². The molecular weight excluding hydrogens is 240 g/mol. The lowest BCUT2D eigenvalue weighted by molar-refractivity contribution is -0.139. The molecular formula is C16H24O3. The molecule has 0 bridgehead atoms. The quantitative estimate of drug-likeness (QED) is 0.793. The van der Waals surface area contributed by atoms with E-state index >= 15 is 0 Å². The Balaban J connectivity index is 1.96. The van der Waals surface area contributed by atoms with Gasteiger partial charge in [0.1, 0.15) is 12.2 Å². The number of allylic oxidation sites excluding steroid dienone is 3. The summed E-state index contributed by atoms with van der Waals surface area (Å²) in [6, 6.07) is 0. The first-order valence-electron chi connectivity index (χ1n) is 6.93. The van der Waals surface area contributed by atoms with E-state index in [0.29, 0.717) is 0 Å². The Morgan fingerprint density at radius 1 is 1.42 bits per heavy atom. The van der Waals surface area contributed by atoms with Crippen molar-refractivity contribution in [3.8, 4) is 0 Å². The molecule has 2 rings (SSSR count). The lowest BCUT2D eigenvalue weighted by atomic mass is 9.94. The normalized spacial score (nSPS) is 29.6. The number of hydrogen-bond acceptors (Lipinski definition) is 3. The highest BCUT2D eigenvalue weighted by atomic mass is 16.7. The Morgan fingerprint density at radius 3 is 2.84 bits per heavy atom. The molecule has 106 valence electrons. The minimum atomic E-state index is -0.526. The molecule has 0 saturated carbocycles. The molecule has 0 spiro atoms. The predicted octanol–water partition coefficient (Wildman–Crippen LogP) is 3.11. The SMILES string of the molecule is CC(C)=CC(O)CCC1=CC=C[C@@H]2OC(C)(C)O[C@H]12. The van der Waals surface area contributed by atoms with E-state index in [0.717, 1.165) is 18.4 Å². The van der Waals surface area contributed by atoms with Crippen LogP contribution in [0.5, 0.6) is 0 Å². The van der Waals surface area contributed by atoms with Crippen LogP contribution < -0.4 is 0 Å². The van der Waals surface area contributed by atoms with E-state index in [1.54, 1.807) is 0 Å². The van der Waals surface area contributed by atoms with Crippen molar-refractivity contribution >= 4 is 0 Å². The Bertz CT molecular complexity index is 414. The van der Waals surface area contributed by atoms with Gasteiger partial charge in [-0.15, -0.1) is 0 Å². The van der Waals surface area contributed by atoms with Gasteiger partial charge < -0.3 is 14.6 Å². The summed E-state index contributed by atoms with van der Waals surface area (Å²) in [6.45, 7) is 7.88. The zero-order valence-electron chi connectivity index (χ0n) is 12.2. The van der Waals surface area contributed by atoms with E-state index in [9.17, 15) is 5.11 Å². The molecule has 2 aliphatic rings. The molecule has 1 aliphatic heterocycles. The van der Waals surface area contributed by atoms with E-state index < -0.39 is 5.79 Å². The molecule has 1 unspecified atom stereocenters. The van der Waals surface area contributed by atoms with E-state index in [2.05, 4.69) is 6.08 Å². The van der Waals surface area contributed by atoms with Crippen LogP contribution in [0.1, 0.15) is 40.5 Å². The minimum absolute atomic E-state index is 0.00102. The van der Waals surface area contributed by atoms with Gasteiger partial charge in [-0.25, -0.2) is 0 Å². The Kier molecular flexibility index (Phi) is 4.29.